The number of benzene rings is 1. The molecule has 1 aliphatic carbocycles. The summed E-state index contributed by atoms with van der Waals surface area (Å²) in [6, 6.07) is 6.26. The maximum Gasteiger partial charge on any atom is 0.241 e. The van der Waals surface area contributed by atoms with Crippen LogP contribution in [-0.4, -0.2) is 46.1 Å². The molecule has 1 N–H and O–H groups in total. The summed E-state index contributed by atoms with van der Waals surface area (Å²) >= 11 is 1.69. The Morgan fingerprint density at radius 2 is 2.21 bits per heavy atom. The summed E-state index contributed by atoms with van der Waals surface area (Å²) in [7, 11) is 0. The quantitative estimate of drug-likeness (QED) is 0.594. The van der Waals surface area contributed by atoms with Gasteiger partial charge in [-0.1, -0.05) is 6.07 Å². The third-order valence-electron chi connectivity index (χ3n) is 6.99. The first kappa shape index (κ1) is 20.3. The number of carbonyl (C=O) groups excluding carboxylic acids is 1. The molecule has 3 aliphatic rings. The van der Waals surface area contributed by atoms with Crippen molar-refractivity contribution in [1.29, 1.82) is 0 Å². The van der Waals surface area contributed by atoms with Gasteiger partial charge in [-0.2, -0.15) is 0 Å². The van der Waals surface area contributed by atoms with Gasteiger partial charge in [0, 0.05) is 35.7 Å². The number of anilines is 2. The van der Waals surface area contributed by atoms with Gasteiger partial charge in [-0.3, -0.25) is 9.79 Å². The van der Waals surface area contributed by atoms with Gasteiger partial charge >= 0.3 is 0 Å². The minimum Gasteiger partial charge on any atom is -0.340 e. The van der Waals surface area contributed by atoms with Crippen LogP contribution in [0.3, 0.4) is 0 Å². The van der Waals surface area contributed by atoms with E-state index in [9.17, 15) is 4.79 Å². The molecular formula is C25H24N6OS. The first-order chi connectivity index (χ1) is 16.2. The van der Waals surface area contributed by atoms with Crippen molar-refractivity contribution in [2.24, 2.45) is 10.9 Å². The molecule has 0 spiro atoms. The molecule has 1 amide bonds. The van der Waals surface area contributed by atoms with Crippen LogP contribution < -0.4 is 5.32 Å². The van der Waals surface area contributed by atoms with Crippen molar-refractivity contribution in [1.82, 2.24) is 14.9 Å². The number of carbonyl (C=O) groups is 1. The fourth-order valence-corrected chi connectivity index (χ4v) is 6.52. The molecular weight excluding hydrogens is 432 g/mol. The Morgan fingerprint density at radius 1 is 1.27 bits per heavy atom. The van der Waals surface area contributed by atoms with Crippen molar-refractivity contribution in [3.05, 3.63) is 57.5 Å². The van der Waals surface area contributed by atoms with Crippen molar-refractivity contribution in [2.45, 2.75) is 44.7 Å². The Balaban J connectivity index is 1.26. The van der Waals surface area contributed by atoms with E-state index in [1.165, 1.54) is 16.0 Å². The number of thiophene rings is 1. The lowest BCUT2D eigenvalue weighted by Gasteiger charge is -2.32. The second-order valence-electron chi connectivity index (χ2n) is 9.06. The Morgan fingerprint density at radius 3 is 3.12 bits per heavy atom. The van der Waals surface area contributed by atoms with E-state index in [0.29, 0.717) is 6.54 Å². The highest BCUT2D eigenvalue weighted by Gasteiger charge is 2.34. The van der Waals surface area contributed by atoms with Crippen LogP contribution in [0.2, 0.25) is 0 Å². The van der Waals surface area contributed by atoms with Crippen molar-refractivity contribution in [3.63, 3.8) is 0 Å². The third-order valence-corrected chi connectivity index (χ3v) is 8.15. The molecule has 166 valence electrons. The largest absolute Gasteiger partial charge is 0.340 e. The molecule has 0 radical (unpaired) electrons. The monoisotopic (exact) mass is 456 g/mol. The third kappa shape index (κ3) is 3.66. The number of hydrogen-bond donors (Lipinski definition) is 1. The van der Waals surface area contributed by atoms with Crippen LogP contribution in [0, 0.1) is 12.5 Å². The zero-order valence-electron chi connectivity index (χ0n) is 18.3. The van der Waals surface area contributed by atoms with Gasteiger partial charge in [-0.05, 0) is 54.5 Å². The zero-order chi connectivity index (χ0) is 22.4. The van der Waals surface area contributed by atoms with E-state index in [1.807, 2.05) is 11.1 Å². The van der Waals surface area contributed by atoms with Crippen molar-refractivity contribution >= 4 is 45.2 Å². The zero-order valence-corrected chi connectivity index (χ0v) is 19.1. The number of hydrogen-bond acceptors (Lipinski definition) is 6. The van der Waals surface area contributed by atoms with Crippen LogP contribution >= 0.6 is 11.3 Å². The second-order valence-corrected chi connectivity index (χ2v) is 10.1. The summed E-state index contributed by atoms with van der Waals surface area (Å²) in [6.45, 7) is 9.45. The molecule has 2 unspecified atom stereocenters. The van der Waals surface area contributed by atoms with E-state index in [4.69, 9.17) is 6.57 Å². The summed E-state index contributed by atoms with van der Waals surface area (Å²) in [6.07, 6.45) is 7.81. The van der Waals surface area contributed by atoms with Crippen LogP contribution in [0.25, 0.3) is 15.1 Å². The summed E-state index contributed by atoms with van der Waals surface area (Å²) in [5.41, 5.74) is 4.67. The molecule has 1 aromatic carbocycles. The number of nitrogens with zero attached hydrogens (tertiary/aromatic N) is 5. The molecule has 6 rings (SSSR count). The molecule has 0 saturated carbocycles. The molecule has 4 heterocycles. The predicted octanol–water partition coefficient (Wildman–Crippen LogP) is 4.38. The fraction of sp³-hybridized carbons (Fsp3) is 0.400. The number of likely N-dealkylation sites (tertiary alicyclic amines) is 1. The van der Waals surface area contributed by atoms with E-state index in [-0.39, 0.29) is 17.9 Å². The highest BCUT2D eigenvalue weighted by Crippen LogP contribution is 2.41. The molecule has 2 atom stereocenters. The topological polar surface area (TPSA) is 74.8 Å². The first-order valence-electron chi connectivity index (χ1n) is 11.5. The van der Waals surface area contributed by atoms with Gasteiger partial charge in [-0.15, -0.1) is 11.3 Å². The molecule has 3 aromatic rings. The van der Waals surface area contributed by atoms with Gasteiger partial charge < -0.3 is 15.1 Å². The maximum atomic E-state index is 13.2. The SMILES string of the molecule is [C-]#[N+]C1CCCN(C(=O)C2CCc3c(sc4ncnc(Nc5ccc6c(c5)C=NC6)c34)C2)C1. The first-order valence-corrected chi connectivity index (χ1v) is 12.3. The van der Waals surface area contributed by atoms with E-state index < -0.39 is 0 Å². The maximum absolute atomic E-state index is 13.2. The minimum atomic E-state index is -0.0411. The van der Waals surface area contributed by atoms with Gasteiger partial charge in [0.2, 0.25) is 11.9 Å². The van der Waals surface area contributed by atoms with Gasteiger partial charge in [0.1, 0.15) is 17.0 Å². The van der Waals surface area contributed by atoms with Crippen molar-refractivity contribution < 1.29 is 4.79 Å². The van der Waals surface area contributed by atoms with Gasteiger partial charge in [-0.25, -0.2) is 16.5 Å². The molecule has 2 aromatic heterocycles. The Bertz CT molecular complexity index is 1320. The Kier molecular flexibility index (Phi) is 5.07. The predicted molar refractivity (Wildman–Crippen MR) is 130 cm³/mol. The lowest BCUT2D eigenvalue weighted by molar-refractivity contribution is -0.136. The summed E-state index contributed by atoms with van der Waals surface area (Å²) in [5, 5.41) is 4.59. The Labute approximate surface area is 196 Å². The number of aliphatic imine (C=N–C) groups is 1. The molecule has 0 bridgehead atoms. The van der Waals surface area contributed by atoms with Crippen molar-refractivity contribution in [2.75, 3.05) is 18.4 Å². The number of rotatable bonds is 3. The minimum absolute atomic E-state index is 0.00425. The van der Waals surface area contributed by atoms with Crippen LogP contribution in [0.4, 0.5) is 11.5 Å². The molecule has 33 heavy (non-hydrogen) atoms. The fourth-order valence-electron chi connectivity index (χ4n) is 5.25. The van der Waals surface area contributed by atoms with E-state index >= 15 is 0 Å². The lowest BCUT2D eigenvalue weighted by Crippen LogP contribution is -2.45. The van der Waals surface area contributed by atoms with Crippen molar-refractivity contribution in [3.8, 4) is 0 Å². The van der Waals surface area contributed by atoms with Gasteiger partial charge in [0.05, 0.1) is 18.5 Å². The average molecular weight is 457 g/mol. The normalized spacial score (nSPS) is 21.5. The van der Waals surface area contributed by atoms with Crippen LogP contribution in [-0.2, 0) is 24.2 Å². The molecule has 7 nitrogen and oxygen atoms in total. The number of aryl methyl sites for hydroxylation is 1. The average Bonchev–Trinajstić information content (AvgIpc) is 3.47. The standard InChI is InChI=1S/C25H24N6OS/c1-26-19-3-2-8-31(13-19)25(32)15-5-7-20-21(10-15)33-24-22(20)23(28-14-29-24)30-18-6-4-16-11-27-12-17(16)9-18/h4,6,9,12,14-15,19H,2-3,5,7-8,10-11,13H2,(H,28,29,30). The molecule has 8 heteroatoms. The lowest BCUT2D eigenvalue weighted by atomic mass is 9.86. The van der Waals surface area contributed by atoms with E-state index in [0.717, 1.165) is 72.5 Å². The number of fused-ring (bicyclic) bond motifs is 4. The van der Waals surface area contributed by atoms with Crippen LogP contribution in [0.15, 0.2) is 29.5 Å². The number of nitrogens with one attached hydrogen (secondary N) is 1. The highest BCUT2D eigenvalue weighted by molar-refractivity contribution is 7.19. The molecule has 2 aliphatic heterocycles. The number of aromatic nitrogens is 2. The summed E-state index contributed by atoms with van der Waals surface area (Å²) in [4.78, 5) is 34.5. The van der Waals surface area contributed by atoms with Crippen LogP contribution in [0.1, 0.15) is 40.8 Å². The number of amides is 1. The smallest absolute Gasteiger partial charge is 0.241 e. The summed E-state index contributed by atoms with van der Waals surface area (Å²) in [5.74, 6) is 1.04. The van der Waals surface area contributed by atoms with Gasteiger partial charge in [0.15, 0.2) is 0 Å². The summed E-state index contributed by atoms with van der Waals surface area (Å²) < 4.78 is 0. The van der Waals surface area contributed by atoms with E-state index in [2.05, 4.69) is 43.3 Å². The van der Waals surface area contributed by atoms with E-state index in [1.54, 1.807) is 17.7 Å². The van der Waals surface area contributed by atoms with Crippen LogP contribution in [0.5, 0.6) is 0 Å². The Hall–Kier alpha value is -3.31. The highest BCUT2D eigenvalue weighted by atomic mass is 32.1. The van der Waals surface area contributed by atoms with Gasteiger partial charge in [0.25, 0.3) is 0 Å². The second kappa shape index (κ2) is 8.23. The molecule has 1 fully saturated rings. The number of piperidine rings is 1. The molecule has 1 saturated heterocycles.